The molecule has 2 aliphatic rings. The van der Waals surface area contributed by atoms with Crippen LogP contribution in [-0.2, 0) is 0 Å². The van der Waals surface area contributed by atoms with Gasteiger partial charge in [-0.05, 0) is 44.4 Å². The van der Waals surface area contributed by atoms with E-state index in [-0.39, 0.29) is 11.7 Å². The van der Waals surface area contributed by atoms with Gasteiger partial charge < -0.3 is 14.7 Å². The first-order valence-electron chi connectivity index (χ1n) is 10.0. The summed E-state index contributed by atoms with van der Waals surface area (Å²) in [4.78, 5) is 28.3. The molecule has 0 bridgehead atoms. The van der Waals surface area contributed by atoms with Crippen LogP contribution in [0.2, 0.25) is 0 Å². The number of rotatable bonds is 3. The van der Waals surface area contributed by atoms with E-state index in [2.05, 4.69) is 20.9 Å². The van der Waals surface area contributed by atoms with Crippen LogP contribution in [0.1, 0.15) is 35.3 Å². The fraction of sp³-hybridized carbons (Fsp3) is 0.476. The number of aryl methyl sites for hydroxylation is 1. The van der Waals surface area contributed by atoms with E-state index >= 15 is 0 Å². The summed E-state index contributed by atoms with van der Waals surface area (Å²) in [7, 11) is 0. The minimum absolute atomic E-state index is 0.127. The number of carbonyl (C=O) groups is 1. The SMILES string of the molecule is Cc1cc(N2CCCCC2)nc(N2CCN(C(=O)c3cccc(F)c3)CC2)n1. The molecule has 148 valence electrons. The van der Waals surface area contributed by atoms with Gasteiger partial charge in [0.2, 0.25) is 5.95 Å². The second-order valence-corrected chi connectivity index (χ2v) is 7.50. The maximum Gasteiger partial charge on any atom is 0.254 e. The number of hydrogen-bond donors (Lipinski definition) is 0. The number of piperazine rings is 1. The Balaban J connectivity index is 1.43. The molecule has 0 atom stereocenters. The zero-order valence-electron chi connectivity index (χ0n) is 16.3. The molecule has 2 fully saturated rings. The number of amides is 1. The third-order valence-electron chi connectivity index (χ3n) is 5.43. The first-order valence-corrected chi connectivity index (χ1v) is 10.0. The largest absolute Gasteiger partial charge is 0.356 e. The average molecular weight is 383 g/mol. The van der Waals surface area contributed by atoms with E-state index in [1.54, 1.807) is 17.0 Å². The van der Waals surface area contributed by atoms with Crippen molar-refractivity contribution in [1.29, 1.82) is 0 Å². The van der Waals surface area contributed by atoms with Crippen molar-refractivity contribution in [3.8, 4) is 0 Å². The van der Waals surface area contributed by atoms with Crippen molar-refractivity contribution >= 4 is 17.7 Å². The smallest absolute Gasteiger partial charge is 0.254 e. The molecule has 0 spiro atoms. The molecule has 2 saturated heterocycles. The summed E-state index contributed by atoms with van der Waals surface area (Å²) in [6.07, 6.45) is 3.70. The average Bonchev–Trinajstić information content (AvgIpc) is 2.73. The Hall–Kier alpha value is -2.70. The maximum absolute atomic E-state index is 13.4. The Kier molecular flexibility index (Phi) is 5.41. The summed E-state index contributed by atoms with van der Waals surface area (Å²) in [5.41, 5.74) is 1.36. The van der Waals surface area contributed by atoms with E-state index in [0.29, 0.717) is 31.7 Å². The van der Waals surface area contributed by atoms with Gasteiger partial charge in [0.05, 0.1) is 0 Å². The monoisotopic (exact) mass is 383 g/mol. The van der Waals surface area contributed by atoms with Crippen LogP contribution in [-0.4, -0.2) is 60.0 Å². The number of aromatic nitrogens is 2. The molecule has 0 radical (unpaired) electrons. The summed E-state index contributed by atoms with van der Waals surface area (Å²) in [5, 5.41) is 0. The summed E-state index contributed by atoms with van der Waals surface area (Å²) in [5.74, 6) is 1.22. The summed E-state index contributed by atoms with van der Waals surface area (Å²) in [6.45, 7) is 6.59. The van der Waals surface area contributed by atoms with E-state index < -0.39 is 0 Å². The fourth-order valence-corrected chi connectivity index (χ4v) is 3.88. The molecule has 2 aromatic rings. The van der Waals surface area contributed by atoms with Crippen LogP contribution < -0.4 is 9.80 Å². The van der Waals surface area contributed by atoms with Crippen molar-refractivity contribution in [2.75, 3.05) is 49.1 Å². The number of carbonyl (C=O) groups excluding carboxylic acids is 1. The second-order valence-electron chi connectivity index (χ2n) is 7.50. The Morgan fingerprint density at radius 1 is 0.929 bits per heavy atom. The highest BCUT2D eigenvalue weighted by atomic mass is 19.1. The molecule has 0 saturated carbocycles. The number of hydrogen-bond acceptors (Lipinski definition) is 5. The zero-order valence-corrected chi connectivity index (χ0v) is 16.3. The van der Waals surface area contributed by atoms with Gasteiger partial charge in [0.1, 0.15) is 11.6 Å². The molecule has 28 heavy (non-hydrogen) atoms. The van der Waals surface area contributed by atoms with E-state index in [1.165, 1.54) is 31.4 Å². The lowest BCUT2D eigenvalue weighted by molar-refractivity contribution is 0.0745. The quantitative estimate of drug-likeness (QED) is 0.816. The molecule has 1 aromatic heterocycles. The lowest BCUT2D eigenvalue weighted by Gasteiger charge is -2.35. The van der Waals surface area contributed by atoms with E-state index in [1.807, 2.05) is 6.92 Å². The Morgan fingerprint density at radius 3 is 2.39 bits per heavy atom. The topological polar surface area (TPSA) is 52.6 Å². The Labute approximate surface area is 165 Å². The number of nitrogens with zero attached hydrogens (tertiary/aromatic N) is 5. The number of benzene rings is 1. The van der Waals surface area contributed by atoms with E-state index in [9.17, 15) is 9.18 Å². The molecule has 6 nitrogen and oxygen atoms in total. The Bertz CT molecular complexity index is 844. The molecule has 3 heterocycles. The van der Waals surface area contributed by atoms with Crippen LogP contribution in [0.4, 0.5) is 16.2 Å². The molecule has 2 aliphatic heterocycles. The van der Waals surface area contributed by atoms with E-state index in [4.69, 9.17) is 4.98 Å². The minimum Gasteiger partial charge on any atom is -0.356 e. The molecule has 1 aromatic carbocycles. The van der Waals surface area contributed by atoms with Gasteiger partial charge in [0.15, 0.2) is 0 Å². The molecular formula is C21H26FN5O. The molecule has 0 unspecified atom stereocenters. The highest BCUT2D eigenvalue weighted by Crippen LogP contribution is 2.22. The van der Waals surface area contributed by atoms with Gasteiger partial charge in [-0.1, -0.05) is 6.07 Å². The highest BCUT2D eigenvalue weighted by molar-refractivity contribution is 5.94. The van der Waals surface area contributed by atoms with Gasteiger partial charge in [0, 0.05) is 56.6 Å². The van der Waals surface area contributed by atoms with Crippen molar-refractivity contribution in [1.82, 2.24) is 14.9 Å². The molecule has 7 heteroatoms. The molecule has 0 aliphatic carbocycles. The van der Waals surface area contributed by atoms with E-state index in [0.717, 1.165) is 30.5 Å². The van der Waals surface area contributed by atoms with Gasteiger partial charge in [-0.3, -0.25) is 4.79 Å². The van der Waals surface area contributed by atoms with Crippen molar-refractivity contribution in [3.05, 3.63) is 47.4 Å². The van der Waals surface area contributed by atoms with Crippen LogP contribution in [0.5, 0.6) is 0 Å². The molecule has 4 rings (SSSR count). The van der Waals surface area contributed by atoms with Crippen molar-refractivity contribution in [2.24, 2.45) is 0 Å². The zero-order chi connectivity index (χ0) is 19.5. The van der Waals surface area contributed by atoms with Crippen molar-refractivity contribution in [3.63, 3.8) is 0 Å². The van der Waals surface area contributed by atoms with Crippen LogP contribution in [0.15, 0.2) is 30.3 Å². The molecule has 1 amide bonds. The summed E-state index contributed by atoms with van der Waals surface area (Å²) < 4.78 is 13.4. The first-order chi connectivity index (χ1) is 13.6. The number of piperidine rings is 1. The predicted octanol–water partition coefficient (Wildman–Crippen LogP) is 2.88. The first kappa shape index (κ1) is 18.7. The number of anilines is 2. The molecular weight excluding hydrogens is 357 g/mol. The van der Waals surface area contributed by atoms with Crippen LogP contribution in [0.3, 0.4) is 0 Å². The predicted molar refractivity (Wildman–Crippen MR) is 107 cm³/mol. The summed E-state index contributed by atoms with van der Waals surface area (Å²) in [6, 6.07) is 7.93. The van der Waals surface area contributed by atoms with Crippen molar-refractivity contribution in [2.45, 2.75) is 26.2 Å². The van der Waals surface area contributed by atoms with Gasteiger partial charge in [0.25, 0.3) is 5.91 Å². The standard InChI is InChI=1S/C21H26FN5O/c1-16-14-19(25-8-3-2-4-9-25)24-21(23-16)27-12-10-26(11-13-27)20(28)17-6-5-7-18(22)15-17/h5-7,14-15H,2-4,8-13H2,1H3. The third-order valence-corrected chi connectivity index (χ3v) is 5.43. The maximum atomic E-state index is 13.4. The third kappa shape index (κ3) is 4.08. The lowest BCUT2D eigenvalue weighted by atomic mass is 10.1. The van der Waals surface area contributed by atoms with Gasteiger partial charge >= 0.3 is 0 Å². The Morgan fingerprint density at radius 2 is 1.68 bits per heavy atom. The number of halogens is 1. The van der Waals surface area contributed by atoms with Crippen molar-refractivity contribution < 1.29 is 9.18 Å². The fourth-order valence-electron chi connectivity index (χ4n) is 3.88. The summed E-state index contributed by atoms with van der Waals surface area (Å²) >= 11 is 0. The van der Waals surface area contributed by atoms with Crippen LogP contribution >= 0.6 is 0 Å². The van der Waals surface area contributed by atoms with Crippen LogP contribution in [0.25, 0.3) is 0 Å². The lowest BCUT2D eigenvalue weighted by Crippen LogP contribution is -2.49. The van der Waals surface area contributed by atoms with Gasteiger partial charge in [-0.25, -0.2) is 9.37 Å². The highest BCUT2D eigenvalue weighted by Gasteiger charge is 2.24. The second kappa shape index (κ2) is 8.12. The molecule has 0 N–H and O–H groups in total. The van der Waals surface area contributed by atoms with Crippen LogP contribution in [0, 0.1) is 12.7 Å². The van der Waals surface area contributed by atoms with Gasteiger partial charge in [-0.2, -0.15) is 4.98 Å². The van der Waals surface area contributed by atoms with Gasteiger partial charge in [-0.15, -0.1) is 0 Å². The minimum atomic E-state index is -0.386. The normalized spacial score (nSPS) is 17.7.